The van der Waals surface area contributed by atoms with Crippen molar-refractivity contribution in [3.05, 3.63) is 0 Å². The van der Waals surface area contributed by atoms with Crippen LogP contribution in [0.15, 0.2) is 0 Å². The van der Waals surface area contributed by atoms with E-state index < -0.39 is 5.54 Å². The number of hydrogen-bond donors (Lipinski definition) is 1. The molecule has 2 aliphatic rings. The first-order valence-corrected chi connectivity index (χ1v) is 6.93. The van der Waals surface area contributed by atoms with E-state index in [2.05, 4.69) is 0 Å². The molecule has 3 nitrogen and oxygen atoms in total. The number of nitrogens with two attached hydrogens (primary N) is 1. The number of carbonyl (C=O) groups is 1. The average Bonchev–Trinajstić information content (AvgIpc) is 2.86. The van der Waals surface area contributed by atoms with Crippen molar-refractivity contribution in [1.29, 1.82) is 0 Å². The summed E-state index contributed by atoms with van der Waals surface area (Å²) in [5, 5.41) is 0. The summed E-state index contributed by atoms with van der Waals surface area (Å²) in [7, 11) is 1.92. The zero-order valence-corrected chi connectivity index (χ0v) is 10.2. The summed E-state index contributed by atoms with van der Waals surface area (Å²) in [6.45, 7) is 0. The molecule has 1 aliphatic carbocycles. The van der Waals surface area contributed by atoms with E-state index in [1.54, 1.807) is 0 Å². The van der Waals surface area contributed by atoms with Gasteiger partial charge in [-0.25, -0.2) is 0 Å². The van der Waals surface area contributed by atoms with Crippen LogP contribution < -0.4 is 5.73 Å². The Morgan fingerprint density at radius 2 is 2.13 bits per heavy atom. The third-order valence-electron chi connectivity index (χ3n) is 3.70. The molecule has 2 fully saturated rings. The van der Waals surface area contributed by atoms with E-state index in [0.29, 0.717) is 6.04 Å². The second-order valence-corrected chi connectivity index (χ2v) is 5.95. The fourth-order valence-electron chi connectivity index (χ4n) is 2.56. The van der Waals surface area contributed by atoms with Crippen molar-refractivity contribution < 1.29 is 4.79 Å². The molecular formula is C11H20N2OS. The lowest BCUT2D eigenvalue weighted by atomic mass is 9.96. The Hall–Kier alpha value is -0.220. The molecule has 1 saturated carbocycles. The molecule has 1 amide bonds. The van der Waals surface area contributed by atoms with Crippen molar-refractivity contribution >= 4 is 17.7 Å². The first-order valence-electron chi connectivity index (χ1n) is 5.77. The Labute approximate surface area is 95.8 Å². The summed E-state index contributed by atoms with van der Waals surface area (Å²) in [5.41, 5.74) is 5.63. The van der Waals surface area contributed by atoms with Crippen LogP contribution in [0.3, 0.4) is 0 Å². The highest BCUT2D eigenvalue weighted by molar-refractivity contribution is 7.99. The minimum absolute atomic E-state index is 0.174. The minimum atomic E-state index is -0.540. The van der Waals surface area contributed by atoms with Crippen LogP contribution in [0.4, 0.5) is 0 Å². The van der Waals surface area contributed by atoms with Crippen LogP contribution >= 0.6 is 11.8 Å². The van der Waals surface area contributed by atoms with Crippen molar-refractivity contribution in [1.82, 2.24) is 4.90 Å². The standard InChI is InChI=1S/C11H20N2OS/c1-13(9-4-7-15-8-9)10(14)11(12)5-2-3-6-11/h9H,2-8,12H2,1H3. The Morgan fingerprint density at radius 1 is 1.47 bits per heavy atom. The van der Waals surface area contributed by atoms with Crippen molar-refractivity contribution in [2.45, 2.75) is 43.7 Å². The van der Waals surface area contributed by atoms with Gasteiger partial charge in [-0.05, 0) is 25.0 Å². The predicted octanol–water partition coefficient (Wildman–Crippen LogP) is 1.22. The Kier molecular flexibility index (Phi) is 3.26. The van der Waals surface area contributed by atoms with Gasteiger partial charge >= 0.3 is 0 Å². The lowest BCUT2D eigenvalue weighted by Gasteiger charge is -2.32. The Morgan fingerprint density at radius 3 is 2.67 bits per heavy atom. The number of thioether (sulfide) groups is 1. The van der Waals surface area contributed by atoms with Gasteiger partial charge in [0.05, 0.1) is 5.54 Å². The maximum atomic E-state index is 12.2. The van der Waals surface area contributed by atoms with Gasteiger partial charge in [0.2, 0.25) is 5.91 Å². The molecule has 15 heavy (non-hydrogen) atoms. The first-order chi connectivity index (χ1) is 7.13. The van der Waals surface area contributed by atoms with Crippen molar-refractivity contribution in [3.8, 4) is 0 Å². The molecule has 0 bridgehead atoms. The Balaban J connectivity index is 1.99. The van der Waals surface area contributed by atoms with Gasteiger partial charge in [0.15, 0.2) is 0 Å². The largest absolute Gasteiger partial charge is 0.340 e. The number of amides is 1. The smallest absolute Gasteiger partial charge is 0.242 e. The monoisotopic (exact) mass is 228 g/mol. The van der Waals surface area contributed by atoms with Crippen LogP contribution in [0.2, 0.25) is 0 Å². The molecular weight excluding hydrogens is 208 g/mol. The number of likely N-dealkylation sites (N-methyl/N-ethyl adjacent to an activating group) is 1. The molecule has 1 saturated heterocycles. The maximum Gasteiger partial charge on any atom is 0.242 e. The summed E-state index contributed by atoms with van der Waals surface area (Å²) in [4.78, 5) is 14.2. The second-order valence-electron chi connectivity index (χ2n) is 4.80. The molecule has 1 heterocycles. The maximum absolute atomic E-state index is 12.2. The fourth-order valence-corrected chi connectivity index (χ4v) is 3.83. The highest BCUT2D eigenvalue weighted by atomic mass is 32.2. The van der Waals surface area contributed by atoms with Crippen molar-refractivity contribution in [3.63, 3.8) is 0 Å². The normalized spacial score (nSPS) is 29.3. The number of nitrogens with zero attached hydrogens (tertiary/aromatic N) is 1. The van der Waals surface area contributed by atoms with E-state index in [1.165, 1.54) is 5.75 Å². The molecule has 4 heteroatoms. The van der Waals surface area contributed by atoms with Crippen LogP contribution in [-0.2, 0) is 4.79 Å². The highest BCUT2D eigenvalue weighted by Gasteiger charge is 2.40. The van der Waals surface area contributed by atoms with Gasteiger partial charge in [-0.15, -0.1) is 0 Å². The number of carbonyl (C=O) groups excluding carboxylic acids is 1. The van der Waals surface area contributed by atoms with E-state index in [-0.39, 0.29) is 5.91 Å². The van der Waals surface area contributed by atoms with Crippen LogP contribution in [0, 0.1) is 0 Å². The average molecular weight is 228 g/mol. The molecule has 0 aromatic heterocycles. The topological polar surface area (TPSA) is 46.3 Å². The summed E-state index contributed by atoms with van der Waals surface area (Å²) in [6, 6.07) is 0.420. The molecule has 0 spiro atoms. The summed E-state index contributed by atoms with van der Waals surface area (Å²) in [6.07, 6.45) is 5.08. The van der Waals surface area contributed by atoms with Gasteiger partial charge in [-0.3, -0.25) is 4.79 Å². The third-order valence-corrected chi connectivity index (χ3v) is 4.84. The van der Waals surface area contributed by atoms with Crippen LogP contribution in [0.5, 0.6) is 0 Å². The zero-order valence-electron chi connectivity index (χ0n) is 9.37. The van der Waals surface area contributed by atoms with Crippen LogP contribution in [0.1, 0.15) is 32.1 Å². The highest BCUT2D eigenvalue weighted by Crippen LogP contribution is 2.31. The van der Waals surface area contributed by atoms with Crippen molar-refractivity contribution in [2.24, 2.45) is 5.73 Å². The van der Waals surface area contributed by atoms with Gasteiger partial charge in [-0.2, -0.15) is 11.8 Å². The lowest BCUT2D eigenvalue weighted by molar-refractivity contribution is -0.137. The fraction of sp³-hybridized carbons (Fsp3) is 0.909. The van der Waals surface area contributed by atoms with Gasteiger partial charge in [0, 0.05) is 18.8 Å². The molecule has 2 rings (SSSR count). The minimum Gasteiger partial charge on any atom is -0.340 e. The zero-order chi connectivity index (χ0) is 10.9. The van der Waals surface area contributed by atoms with E-state index in [0.717, 1.165) is 37.9 Å². The summed E-state index contributed by atoms with van der Waals surface area (Å²) < 4.78 is 0. The Bertz CT molecular complexity index is 245. The number of rotatable bonds is 2. The lowest BCUT2D eigenvalue weighted by Crippen LogP contribution is -2.55. The van der Waals surface area contributed by atoms with E-state index >= 15 is 0 Å². The van der Waals surface area contributed by atoms with Gasteiger partial charge < -0.3 is 10.6 Å². The van der Waals surface area contributed by atoms with Gasteiger partial charge in [0.25, 0.3) is 0 Å². The summed E-state index contributed by atoms with van der Waals surface area (Å²) in [5.74, 6) is 2.44. The summed E-state index contributed by atoms with van der Waals surface area (Å²) >= 11 is 1.93. The molecule has 1 atom stereocenters. The molecule has 2 N–H and O–H groups in total. The quantitative estimate of drug-likeness (QED) is 0.773. The number of hydrogen-bond acceptors (Lipinski definition) is 3. The third kappa shape index (κ3) is 2.16. The predicted molar refractivity (Wildman–Crippen MR) is 63.9 cm³/mol. The first kappa shape index (κ1) is 11.3. The molecule has 0 radical (unpaired) electrons. The van der Waals surface area contributed by atoms with E-state index in [4.69, 9.17) is 5.73 Å². The van der Waals surface area contributed by atoms with Gasteiger partial charge in [-0.1, -0.05) is 12.8 Å². The van der Waals surface area contributed by atoms with E-state index in [9.17, 15) is 4.79 Å². The van der Waals surface area contributed by atoms with Gasteiger partial charge in [0.1, 0.15) is 0 Å². The van der Waals surface area contributed by atoms with Crippen LogP contribution in [-0.4, -0.2) is 40.9 Å². The molecule has 0 aromatic carbocycles. The SMILES string of the molecule is CN(C(=O)C1(N)CCCC1)C1CCSC1. The molecule has 0 aromatic rings. The van der Waals surface area contributed by atoms with E-state index in [1.807, 2.05) is 23.7 Å². The molecule has 1 unspecified atom stereocenters. The molecule has 86 valence electrons. The van der Waals surface area contributed by atoms with Crippen molar-refractivity contribution in [2.75, 3.05) is 18.6 Å². The molecule has 1 aliphatic heterocycles. The van der Waals surface area contributed by atoms with Crippen LogP contribution in [0.25, 0.3) is 0 Å². The second kappa shape index (κ2) is 4.34.